The van der Waals surface area contributed by atoms with E-state index in [1.54, 1.807) is 12.1 Å². The number of morpholine rings is 1. The number of aromatic hydroxyl groups is 1. The van der Waals surface area contributed by atoms with Gasteiger partial charge in [-0.2, -0.15) is 0 Å². The maximum absolute atomic E-state index is 9.30. The Morgan fingerprint density at radius 2 is 1.94 bits per heavy atom. The molecule has 17 heavy (non-hydrogen) atoms. The predicted molar refractivity (Wildman–Crippen MR) is 64.9 cm³/mol. The van der Waals surface area contributed by atoms with E-state index in [9.17, 15) is 5.11 Å². The van der Waals surface area contributed by atoms with Crippen LogP contribution in [0.5, 0.6) is 5.75 Å². The first-order valence-electron chi connectivity index (χ1n) is 6.03. The molecule has 4 heteroatoms. The lowest BCUT2D eigenvalue weighted by Gasteiger charge is -2.34. The first-order chi connectivity index (χ1) is 8.31. The Labute approximate surface area is 102 Å². The predicted octanol–water partition coefficient (Wildman–Crippen LogP) is 1.76. The molecule has 0 bridgehead atoms. The van der Waals surface area contributed by atoms with Crippen molar-refractivity contribution in [3.05, 3.63) is 29.8 Å². The Bertz CT molecular complexity index is 333. The first kappa shape index (κ1) is 12.4. The molecule has 1 aliphatic rings. The largest absolute Gasteiger partial charge is 0.508 e. The molecule has 4 nitrogen and oxygen atoms in total. The van der Waals surface area contributed by atoms with Gasteiger partial charge in [0.25, 0.3) is 0 Å². The number of phenols is 1. The van der Waals surface area contributed by atoms with Crippen LogP contribution in [-0.2, 0) is 9.47 Å². The molecule has 1 heterocycles. The molecule has 1 aromatic carbocycles. The fourth-order valence-electron chi connectivity index (χ4n) is 2.02. The SMILES string of the molecule is CCOC(c1ccc(O)cc1)N1CCOCC1. The third-order valence-electron chi connectivity index (χ3n) is 2.88. The zero-order valence-corrected chi connectivity index (χ0v) is 10.1. The molecule has 0 radical (unpaired) electrons. The van der Waals surface area contributed by atoms with Gasteiger partial charge in [-0.3, -0.25) is 4.90 Å². The van der Waals surface area contributed by atoms with Crippen LogP contribution in [0.1, 0.15) is 18.7 Å². The molecule has 0 amide bonds. The van der Waals surface area contributed by atoms with Crippen molar-refractivity contribution in [1.82, 2.24) is 4.90 Å². The normalized spacial score (nSPS) is 19.1. The highest BCUT2D eigenvalue weighted by Crippen LogP contribution is 2.24. The van der Waals surface area contributed by atoms with Crippen LogP contribution in [0, 0.1) is 0 Å². The van der Waals surface area contributed by atoms with Crippen LogP contribution in [0.2, 0.25) is 0 Å². The summed E-state index contributed by atoms with van der Waals surface area (Å²) in [5, 5.41) is 9.30. The lowest BCUT2D eigenvalue weighted by atomic mass is 10.1. The van der Waals surface area contributed by atoms with E-state index in [4.69, 9.17) is 9.47 Å². The molecular formula is C13H19NO3. The second kappa shape index (κ2) is 6.00. The third-order valence-corrected chi connectivity index (χ3v) is 2.88. The molecule has 1 aliphatic heterocycles. The number of hydrogen-bond acceptors (Lipinski definition) is 4. The molecule has 1 N–H and O–H groups in total. The summed E-state index contributed by atoms with van der Waals surface area (Å²) in [5.41, 5.74) is 1.08. The molecule has 0 saturated carbocycles. The van der Waals surface area contributed by atoms with Gasteiger partial charge in [0.2, 0.25) is 0 Å². The van der Waals surface area contributed by atoms with E-state index in [1.165, 1.54) is 0 Å². The lowest BCUT2D eigenvalue weighted by Crippen LogP contribution is -2.40. The Morgan fingerprint density at radius 3 is 2.53 bits per heavy atom. The molecule has 0 aromatic heterocycles. The number of hydrogen-bond donors (Lipinski definition) is 1. The first-order valence-corrected chi connectivity index (χ1v) is 6.03. The van der Waals surface area contributed by atoms with Gasteiger partial charge >= 0.3 is 0 Å². The van der Waals surface area contributed by atoms with Crippen molar-refractivity contribution in [2.24, 2.45) is 0 Å². The van der Waals surface area contributed by atoms with Crippen LogP contribution in [0.15, 0.2) is 24.3 Å². The molecular weight excluding hydrogens is 218 g/mol. The second-order valence-corrected chi connectivity index (χ2v) is 4.05. The summed E-state index contributed by atoms with van der Waals surface area (Å²) < 4.78 is 11.1. The van der Waals surface area contributed by atoms with Gasteiger partial charge in [0.1, 0.15) is 12.0 Å². The molecule has 2 rings (SSSR count). The van der Waals surface area contributed by atoms with Crippen LogP contribution < -0.4 is 0 Å². The van der Waals surface area contributed by atoms with Gasteiger partial charge in [-0.25, -0.2) is 0 Å². The summed E-state index contributed by atoms with van der Waals surface area (Å²) in [7, 11) is 0. The van der Waals surface area contributed by atoms with Crippen LogP contribution >= 0.6 is 0 Å². The van der Waals surface area contributed by atoms with Crippen molar-refractivity contribution >= 4 is 0 Å². The van der Waals surface area contributed by atoms with E-state index in [-0.39, 0.29) is 12.0 Å². The van der Waals surface area contributed by atoms with Crippen molar-refractivity contribution in [3.63, 3.8) is 0 Å². The topological polar surface area (TPSA) is 41.9 Å². The third kappa shape index (κ3) is 3.19. The zero-order chi connectivity index (χ0) is 12.1. The Hall–Kier alpha value is -1.10. The minimum Gasteiger partial charge on any atom is -0.508 e. The molecule has 1 saturated heterocycles. The van der Waals surface area contributed by atoms with E-state index in [1.807, 2.05) is 19.1 Å². The van der Waals surface area contributed by atoms with E-state index in [0.717, 1.165) is 31.9 Å². The summed E-state index contributed by atoms with van der Waals surface area (Å²) >= 11 is 0. The van der Waals surface area contributed by atoms with Crippen molar-refractivity contribution in [2.75, 3.05) is 32.9 Å². The maximum atomic E-state index is 9.30. The molecule has 1 unspecified atom stereocenters. The number of nitrogens with zero attached hydrogens (tertiary/aromatic N) is 1. The number of rotatable bonds is 4. The summed E-state index contributed by atoms with van der Waals surface area (Å²) in [5.74, 6) is 0.283. The Balaban J connectivity index is 2.12. The molecule has 1 fully saturated rings. The zero-order valence-electron chi connectivity index (χ0n) is 10.1. The smallest absolute Gasteiger partial charge is 0.136 e. The van der Waals surface area contributed by atoms with E-state index in [0.29, 0.717) is 6.61 Å². The molecule has 0 aliphatic carbocycles. The van der Waals surface area contributed by atoms with Crippen molar-refractivity contribution in [2.45, 2.75) is 13.2 Å². The minimum atomic E-state index is -0.0375. The fraction of sp³-hybridized carbons (Fsp3) is 0.538. The number of benzene rings is 1. The molecule has 0 spiro atoms. The summed E-state index contributed by atoms with van der Waals surface area (Å²) in [6, 6.07) is 7.21. The van der Waals surface area contributed by atoms with Gasteiger partial charge in [-0.05, 0) is 24.6 Å². The highest BCUT2D eigenvalue weighted by Gasteiger charge is 2.22. The Kier molecular flexibility index (Phi) is 4.36. The summed E-state index contributed by atoms with van der Waals surface area (Å²) in [4.78, 5) is 2.26. The molecule has 94 valence electrons. The second-order valence-electron chi connectivity index (χ2n) is 4.05. The standard InChI is InChI=1S/C13H19NO3/c1-2-17-13(14-7-9-16-10-8-14)11-3-5-12(15)6-4-11/h3-6,13,15H,2,7-10H2,1H3. The van der Waals surface area contributed by atoms with Crippen LogP contribution in [0.3, 0.4) is 0 Å². The van der Waals surface area contributed by atoms with Crippen LogP contribution in [0.4, 0.5) is 0 Å². The molecule has 1 aromatic rings. The van der Waals surface area contributed by atoms with Crippen molar-refractivity contribution in [1.29, 1.82) is 0 Å². The minimum absolute atomic E-state index is 0.0375. The van der Waals surface area contributed by atoms with Crippen LogP contribution in [-0.4, -0.2) is 42.9 Å². The van der Waals surface area contributed by atoms with Crippen molar-refractivity contribution in [3.8, 4) is 5.75 Å². The average Bonchev–Trinajstić information content (AvgIpc) is 2.38. The van der Waals surface area contributed by atoms with Gasteiger partial charge in [0.15, 0.2) is 0 Å². The number of phenolic OH excluding ortho intramolecular Hbond substituents is 1. The fourth-order valence-corrected chi connectivity index (χ4v) is 2.02. The van der Waals surface area contributed by atoms with Gasteiger partial charge in [-0.15, -0.1) is 0 Å². The van der Waals surface area contributed by atoms with E-state index >= 15 is 0 Å². The highest BCUT2D eigenvalue weighted by atomic mass is 16.5. The summed E-state index contributed by atoms with van der Waals surface area (Å²) in [6.07, 6.45) is -0.0375. The highest BCUT2D eigenvalue weighted by molar-refractivity contribution is 5.27. The summed E-state index contributed by atoms with van der Waals surface area (Å²) in [6.45, 7) is 5.93. The Morgan fingerprint density at radius 1 is 1.29 bits per heavy atom. The molecule has 1 atom stereocenters. The average molecular weight is 237 g/mol. The number of ether oxygens (including phenoxy) is 2. The van der Waals surface area contributed by atoms with Gasteiger partial charge in [0.05, 0.1) is 13.2 Å². The van der Waals surface area contributed by atoms with E-state index in [2.05, 4.69) is 4.90 Å². The van der Waals surface area contributed by atoms with Gasteiger partial charge in [-0.1, -0.05) is 12.1 Å². The van der Waals surface area contributed by atoms with E-state index < -0.39 is 0 Å². The van der Waals surface area contributed by atoms with Gasteiger partial charge in [0, 0.05) is 19.7 Å². The van der Waals surface area contributed by atoms with Gasteiger partial charge < -0.3 is 14.6 Å². The lowest BCUT2D eigenvalue weighted by molar-refractivity contribution is -0.0957. The van der Waals surface area contributed by atoms with Crippen LogP contribution in [0.25, 0.3) is 0 Å². The van der Waals surface area contributed by atoms with Crippen molar-refractivity contribution < 1.29 is 14.6 Å². The maximum Gasteiger partial charge on any atom is 0.136 e. The quantitative estimate of drug-likeness (QED) is 0.866. The monoisotopic (exact) mass is 237 g/mol.